The van der Waals surface area contributed by atoms with Crippen molar-refractivity contribution in [3.63, 3.8) is 0 Å². The number of benzene rings is 1. The lowest BCUT2D eigenvalue weighted by molar-refractivity contribution is -0.126. The van der Waals surface area contributed by atoms with E-state index in [-0.39, 0.29) is 5.91 Å². The highest BCUT2D eigenvalue weighted by molar-refractivity contribution is 9.10. The summed E-state index contributed by atoms with van der Waals surface area (Å²) in [6.07, 6.45) is 0. The predicted octanol–water partition coefficient (Wildman–Crippen LogP) is 2.16. The van der Waals surface area contributed by atoms with E-state index < -0.39 is 5.54 Å². The van der Waals surface area contributed by atoms with Gasteiger partial charge in [0.05, 0.1) is 5.69 Å². The van der Waals surface area contributed by atoms with Crippen molar-refractivity contribution in [1.29, 1.82) is 0 Å². The van der Waals surface area contributed by atoms with Crippen LogP contribution in [0.5, 0.6) is 0 Å². The molecule has 1 aromatic rings. The number of rotatable bonds is 1. The van der Waals surface area contributed by atoms with Crippen molar-refractivity contribution >= 4 is 27.5 Å². The fourth-order valence-electron chi connectivity index (χ4n) is 1.99. The lowest BCUT2D eigenvalue weighted by atomic mass is 9.98. The van der Waals surface area contributed by atoms with Crippen LogP contribution in [-0.4, -0.2) is 24.5 Å². The van der Waals surface area contributed by atoms with Crippen molar-refractivity contribution in [2.75, 3.05) is 18.0 Å². The number of amides is 1. The van der Waals surface area contributed by atoms with Gasteiger partial charge in [-0.05, 0) is 41.9 Å². The van der Waals surface area contributed by atoms with E-state index >= 15 is 0 Å². The number of hydrogen-bond donors (Lipinski definition) is 1. The quantitative estimate of drug-likeness (QED) is 0.856. The van der Waals surface area contributed by atoms with Gasteiger partial charge in [-0.2, -0.15) is 0 Å². The molecule has 86 valence electrons. The predicted molar refractivity (Wildman–Crippen MR) is 68.6 cm³/mol. The van der Waals surface area contributed by atoms with E-state index in [9.17, 15) is 4.79 Å². The topological polar surface area (TPSA) is 32.3 Å². The molecule has 1 fully saturated rings. The molecule has 2 rings (SSSR count). The maximum atomic E-state index is 11.8. The summed E-state index contributed by atoms with van der Waals surface area (Å²) in [4.78, 5) is 14.0. The van der Waals surface area contributed by atoms with Gasteiger partial charge < -0.3 is 10.2 Å². The van der Waals surface area contributed by atoms with Crippen LogP contribution >= 0.6 is 15.9 Å². The van der Waals surface area contributed by atoms with Crippen molar-refractivity contribution in [3.8, 4) is 0 Å². The van der Waals surface area contributed by atoms with Crippen LogP contribution in [-0.2, 0) is 4.79 Å². The summed E-state index contributed by atoms with van der Waals surface area (Å²) in [6, 6.07) is 8.00. The first-order chi connectivity index (χ1) is 7.53. The van der Waals surface area contributed by atoms with Crippen LogP contribution < -0.4 is 10.2 Å². The number of nitrogens with one attached hydrogen (secondary N) is 1. The van der Waals surface area contributed by atoms with Gasteiger partial charge in [-0.15, -0.1) is 0 Å². The van der Waals surface area contributed by atoms with Gasteiger partial charge in [0.15, 0.2) is 0 Å². The summed E-state index contributed by atoms with van der Waals surface area (Å²) in [5, 5.41) is 2.90. The molecule has 4 heteroatoms. The molecule has 1 aromatic carbocycles. The van der Waals surface area contributed by atoms with Crippen LogP contribution in [0.25, 0.3) is 0 Å². The number of hydrogen-bond acceptors (Lipinski definition) is 2. The Morgan fingerprint density at radius 2 is 2.06 bits per heavy atom. The second-order valence-corrected chi connectivity index (χ2v) is 5.27. The summed E-state index contributed by atoms with van der Waals surface area (Å²) >= 11 is 3.53. The van der Waals surface area contributed by atoms with Gasteiger partial charge in [-0.1, -0.05) is 12.1 Å². The lowest BCUT2D eigenvalue weighted by Gasteiger charge is -2.43. The first-order valence-electron chi connectivity index (χ1n) is 5.34. The average Bonchev–Trinajstić information content (AvgIpc) is 2.24. The number of carbonyl (C=O) groups is 1. The summed E-state index contributed by atoms with van der Waals surface area (Å²) in [5.41, 5.74) is 0.574. The average molecular weight is 283 g/mol. The normalized spacial score (nSPS) is 19.4. The third-order valence-electron chi connectivity index (χ3n) is 2.99. The Kier molecular flexibility index (Phi) is 2.93. The Bertz CT molecular complexity index is 417. The first kappa shape index (κ1) is 11.5. The largest absolute Gasteiger partial charge is 0.355 e. The monoisotopic (exact) mass is 282 g/mol. The molecular formula is C12H15BrN2O. The molecular weight excluding hydrogens is 268 g/mol. The van der Waals surface area contributed by atoms with Gasteiger partial charge >= 0.3 is 0 Å². The second kappa shape index (κ2) is 4.09. The molecule has 1 saturated heterocycles. The molecule has 0 aliphatic carbocycles. The highest BCUT2D eigenvalue weighted by Crippen LogP contribution is 2.32. The van der Waals surface area contributed by atoms with Crippen LogP contribution in [0.4, 0.5) is 5.69 Å². The van der Waals surface area contributed by atoms with Gasteiger partial charge in [0.2, 0.25) is 5.91 Å². The summed E-state index contributed by atoms with van der Waals surface area (Å²) in [6.45, 7) is 5.42. The number of anilines is 1. The highest BCUT2D eigenvalue weighted by atomic mass is 79.9. The number of para-hydroxylation sites is 1. The molecule has 0 saturated carbocycles. The molecule has 0 bridgehead atoms. The van der Waals surface area contributed by atoms with Gasteiger partial charge in [-0.25, -0.2) is 0 Å². The Morgan fingerprint density at radius 1 is 1.38 bits per heavy atom. The number of nitrogens with zero attached hydrogens (tertiary/aromatic N) is 1. The zero-order valence-electron chi connectivity index (χ0n) is 9.46. The summed E-state index contributed by atoms with van der Waals surface area (Å²) < 4.78 is 1.03. The number of halogens is 1. The molecule has 16 heavy (non-hydrogen) atoms. The van der Waals surface area contributed by atoms with E-state index in [0.29, 0.717) is 6.54 Å². The van der Waals surface area contributed by atoms with Crippen molar-refractivity contribution in [1.82, 2.24) is 5.32 Å². The molecule has 1 heterocycles. The maximum absolute atomic E-state index is 11.8. The fourth-order valence-corrected chi connectivity index (χ4v) is 2.49. The van der Waals surface area contributed by atoms with Crippen molar-refractivity contribution in [3.05, 3.63) is 28.7 Å². The van der Waals surface area contributed by atoms with E-state index in [2.05, 4.69) is 26.1 Å². The van der Waals surface area contributed by atoms with E-state index in [1.54, 1.807) is 0 Å². The maximum Gasteiger partial charge on any atom is 0.245 e. The van der Waals surface area contributed by atoms with E-state index in [1.807, 2.05) is 38.1 Å². The fraction of sp³-hybridized carbons (Fsp3) is 0.417. The third-order valence-corrected chi connectivity index (χ3v) is 3.67. The summed E-state index contributed by atoms with van der Waals surface area (Å²) in [5.74, 6) is 0.0782. The molecule has 0 unspecified atom stereocenters. The Hall–Kier alpha value is -1.03. The van der Waals surface area contributed by atoms with Crippen LogP contribution in [0.1, 0.15) is 13.8 Å². The Balaban J connectivity index is 2.40. The lowest BCUT2D eigenvalue weighted by Crippen LogP contribution is -2.62. The molecule has 3 nitrogen and oxygen atoms in total. The SMILES string of the molecule is CC1(C)C(=O)NCCN1c1ccccc1Br. The number of piperazine rings is 1. The highest BCUT2D eigenvalue weighted by Gasteiger charge is 2.38. The van der Waals surface area contributed by atoms with Crippen LogP contribution in [0.3, 0.4) is 0 Å². The van der Waals surface area contributed by atoms with Crippen LogP contribution in [0.2, 0.25) is 0 Å². The van der Waals surface area contributed by atoms with Gasteiger partial charge in [0.1, 0.15) is 5.54 Å². The van der Waals surface area contributed by atoms with Crippen molar-refractivity contribution < 1.29 is 4.79 Å². The van der Waals surface area contributed by atoms with Crippen molar-refractivity contribution in [2.24, 2.45) is 0 Å². The van der Waals surface area contributed by atoms with Gasteiger partial charge in [0.25, 0.3) is 0 Å². The summed E-state index contributed by atoms with van der Waals surface area (Å²) in [7, 11) is 0. The first-order valence-corrected chi connectivity index (χ1v) is 6.13. The molecule has 1 aliphatic rings. The Morgan fingerprint density at radius 3 is 2.75 bits per heavy atom. The van der Waals surface area contributed by atoms with E-state index in [0.717, 1.165) is 16.7 Å². The van der Waals surface area contributed by atoms with Crippen molar-refractivity contribution in [2.45, 2.75) is 19.4 Å². The van der Waals surface area contributed by atoms with E-state index in [1.165, 1.54) is 0 Å². The molecule has 1 aliphatic heterocycles. The van der Waals surface area contributed by atoms with Gasteiger partial charge in [0, 0.05) is 17.6 Å². The van der Waals surface area contributed by atoms with Gasteiger partial charge in [-0.3, -0.25) is 4.79 Å². The number of carbonyl (C=O) groups excluding carboxylic acids is 1. The minimum Gasteiger partial charge on any atom is -0.355 e. The zero-order valence-corrected chi connectivity index (χ0v) is 11.0. The molecule has 0 atom stereocenters. The smallest absolute Gasteiger partial charge is 0.245 e. The molecule has 1 N–H and O–H groups in total. The second-order valence-electron chi connectivity index (χ2n) is 4.42. The molecule has 0 aromatic heterocycles. The minimum atomic E-state index is -0.498. The third kappa shape index (κ3) is 1.82. The molecule has 1 amide bonds. The standard InChI is InChI=1S/C12H15BrN2O/c1-12(2)11(16)14-7-8-15(12)10-6-4-3-5-9(10)13/h3-6H,7-8H2,1-2H3,(H,14,16). The molecule has 0 spiro atoms. The molecule has 0 radical (unpaired) electrons. The zero-order chi connectivity index (χ0) is 11.8. The minimum absolute atomic E-state index is 0.0782. The van der Waals surface area contributed by atoms with Crippen LogP contribution in [0, 0.1) is 0 Å². The van der Waals surface area contributed by atoms with E-state index in [4.69, 9.17) is 0 Å². The Labute approximate surface area is 104 Å². The van der Waals surface area contributed by atoms with Crippen LogP contribution in [0.15, 0.2) is 28.7 Å².